The van der Waals surface area contributed by atoms with Crippen LogP contribution in [0.1, 0.15) is 64.7 Å². The van der Waals surface area contributed by atoms with Gasteiger partial charge in [-0.15, -0.1) is 0 Å². The molecule has 4 nitrogen and oxygen atoms in total. The summed E-state index contributed by atoms with van der Waals surface area (Å²) in [5.74, 6) is 0.196. The molecule has 0 aromatic heterocycles. The van der Waals surface area contributed by atoms with Crippen molar-refractivity contribution in [2.24, 2.45) is 17.1 Å². The lowest BCUT2D eigenvalue weighted by Crippen LogP contribution is -2.35. The minimum absolute atomic E-state index is 0.136. The van der Waals surface area contributed by atoms with Crippen molar-refractivity contribution in [1.29, 1.82) is 0 Å². The summed E-state index contributed by atoms with van der Waals surface area (Å²) >= 11 is 0. The highest BCUT2D eigenvalue weighted by Gasteiger charge is 2.64. The minimum atomic E-state index is -0.399. The molecule has 2 fully saturated rings. The van der Waals surface area contributed by atoms with Crippen LogP contribution < -0.4 is 5.73 Å². The Morgan fingerprint density at radius 1 is 0.812 bits per heavy atom. The average molecular weight is 437 g/mol. The lowest BCUT2D eigenvalue weighted by molar-refractivity contribution is -0.131. The Hall–Kier alpha value is -2.62. The number of hydrogen-bond donors (Lipinski definition) is 1. The summed E-state index contributed by atoms with van der Waals surface area (Å²) in [6.07, 6.45) is 34.1. The second kappa shape index (κ2) is 14.4. The van der Waals surface area contributed by atoms with Gasteiger partial charge in [0.05, 0.1) is 5.41 Å². The molecular formula is C28H40N2O2. The van der Waals surface area contributed by atoms with Gasteiger partial charge >= 0.3 is 0 Å². The van der Waals surface area contributed by atoms with E-state index in [0.29, 0.717) is 25.4 Å². The summed E-state index contributed by atoms with van der Waals surface area (Å²) in [6, 6.07) is 0. The number of piperidine rings is 1. The second-order valence-electron chi connectivity index (χ2n) is 8.65. The number of nitrogens with zero attached hydrogens (tertiary/aromatic N) is 1. The van der Waals surface area contributed by atoms with Gasteiger partial charge in [-0.25, -0.2) is 0 Å². The molecule has 1 saturated heterocycles. The number of primary amides is 1. The molecule has 2 amide bonds. The fourth-order valence-corrected chi connectivity index (χ4v) is 4.06. The molecule has 1 aliphatic carbocycles. The number of carbonyl (C=O) groups excluding carboxylic acids is 2. The Morgan fingerprint density at radius 2 is 1.28 bits per heavy atom. The third-order valence-corrected chi connectivity index (χ3v) is 6.11. The van der Waals surface area contributed by atoms with E-state index < -0.39 is 5.41 Å². The van der Waals surface area contributed by atoms with E-state index in [9.17, 15) is 9.59 Å². The van der Waals surface area contributed by atoms with E-state index in [-0.39, 0.29) is 11.8 Å². The molecule has 2 unspecified atom stereocenters. The Kier molecular flexibility index (Phi) is 11.6. The van der Waals surface area contributed by atoms with Crippen molar-refractivity contribution in [2.45, 2.75) is 64.7 Å². The Bertz CT molecular complexity index is 772. The third-order valence-electron chi connectivity index (χ3n) is 6.11. The van der Waals surface area contributed by atoms with E-state index in [1.165, 1.54) is 0 Å². The fraction of sp³-hybridized carbons (Fsp3) is 0.500. The van der Waals surface area contributed by atoms with Crippen LogP contribution in [-0.4, -0.2) is 29.8 Å². The van der Waals surface area contributed by atoms with Crippen molar-refractivity contribution in [3.8, 4) is 0 Å². The largest absolute Gasteiger partial charge is 0.369 e. The number of amides is 2. The first-order chi connectivity index (χ1) is 15.6. The molecule has 4 heteroatoms. The molecule has 1 aliphatic heterocycles. The zero-order valence-corrected chi connectivity index (χ0v) is 19.6. The standard InChI is InChI=1S/C28H40N2O2/c1-2-3-4-5-6-7-8-9-10-11-12-13-14-15-16-17-18-19-20-21-26(31)30-23-25-22-28(25,24-30)27(29)32/h3-4,6-7,9-10,12-13,15-16,18-19,25H,2,5,8,11,14,17,20-24H2,1H3,(H2,29,32)/b4-3-,7-6-,10-9-,13-12-,16-15-,19-18-. The van der Waals surface area contributed by atoms with Crippen molar-refractivity contribution in [1.82, 2.24) is 4.90 Å². The molecule has 1 saturated carbocycles. The van der Waals surface area contributed by atoms with Gasteiger partial charge < -0.3 is 10.6 Å². The van der Waals surface area contributed by atoms with Crippen molar-refractivity contribution in [3.05, 3.63) is 72.9 Å². The number of rotatable bonds is 15. The molecule has 2 rings (SSSR count). The third kappa shape index (κ3) is 8.86. The van der Waals surface area contributed by atoms with Gasteiger partial charge in [0.25, 0.3) is 0 Å². The quantitative estimate of drug-likeness (QED) is 0.330. The zero-order chi connectivity index (χ0) is 23.1. The summed E-state index contributed by atoms with van der Waals surface area (Å²) in [4.78, 5) is 25.6. The first-order valence-electron chi connectivity index (χ1n) is 12.1. The molecule has 0 radical (unpaired) electrons. The maximum Gasteiger partial charge on any atom is 0.225 e. The van der Waals surface area contributed by atoms with Crippen LogP contribution in [0.2, 0.25) is 0 Å². The van der Waals surface area contributed by atoms with Crippen molar-refractivity contribution in [3.63, 3.8) is 0 Å². The molecule has 2 atom stereocenters. The minimum Gasteiger partial charge on any atom is -0.369 e. The first kappa shape index (κ1) is 25.6. The van der Waals surface area contributed by atoms with Crippen LogP contribution in [0.5, 0.6) is 0 Å². The fourth-order valence-electron chi connectivity index (χ4n) is 4.06. The molecule has 174 valence electrons. The zero-order valence-electron chi connectivity index (χ0n) is 19.6. The lowest BCUT2D eigenvalue weighted by Gasteiger charge is -2.19. The monoisotopic (exact) mass is 436 g/mol. The Morgan fingerprint density at radius 3 is 1.72 bits per heavy atom. The number of carbonyl (C=O) groups is 2. The number of fused-ring (bicyclic) bond motifs is 1. The van der Waals surface area contributed by atoms with Crippen LogP contribution in [0, 0.1) is 11.3 Å². The molecule has 0 spiro atoms. The van der Waals surface area contributed by atoms with Gasteiger partial charge in [-0.2, -0.15) is 0 Å². The molecule has 1 heterocycles. The maximum absolute atomic E-state index is 12.3. The molecule has 0 aromatic carbocycles. The van der Waals surface area contributed by atoms with Gasteiger partial charge in [-0.05, 0) is 57.3 Å². The number of hydrogen-bond acceptors (Lipinski definition) is 2. The van der Waals surface area contributed by atoms with E-state index in [4.69, 9.17) is 5.73 Å². The van der Waals surface area contributed by atoms with E-state index in [1.807, 2.05) is 4.90 Å². The predicted octanol–water partition coefficient (Wildman–Crippen LogP) is 5.80. The van der Waals surface area contributed by atoms with E-state index in [1.54, 1.807) is 0 Å². The highest BCUT2D eigenvalue weighted by atomic mass is 16.2. The highest BCUT2D eigenvalue weighted by molar-refractivity contribution is 5.87. The van der Waals surface area contributed by atoms with E-state index >= 15 is 0 Å². The summed E-state index contributed by atoms with van der Waals surface area (Å²) in [5, 5.41) is 0. The SMILES string of the molecule is CC/C=C\C/C=C\C/C=C\C/C=C\C/C=C\C/C=C\CCC(=O)N1CC2CC2(C(N)=O)C1. The van der Waals surface area contributed by atoms with Gasteiger partial charge in [-0.1, -0.05) is 79.8 Å². The van der Waals surface area contributed by atoms with Crippen LogP contribution in [0.4, 0.5) is 0 Å². The Labute approximate surface area is 194 Å². The lowest BCUT2D eigenvalue weighted by atomic mass is 10.1. The van der Waals surface area contributed by atoms with Crippen LogP contribution in [0.3, 0.4) is 0 Å². The normalized spacial score (nSPS) is 23.2. The van der Waals surface area contributed by atoms with Gasteiger partial charge in [0.2, 0.25) is 11.8 Å². The second-order valence-corrected chi connectivity index (χ2v) is 8.65. The van der Waals surface area contributed by atoms with Crippen molar-refractivity contribution >= 4 is 11.8 Å². The molecule has 2 N–H and O–H groups in total. The number of allylic oxidation sites excluding steroid dienone is 12. The van der Waals surface area contributed by atoms with Crippen LogP contribution in [0.25, 0.3) is 0 Å². The molecule has 0 aromatic rings. The van der Waals surface area contributed by atoms with Crippen LogP contribution >= 0.6 is 0 Å². The molecular weight excluding hydrogens is 396 g/mol. The van der Waals surface area contributed by atoms with Gasteiger partial charge in [-0.3, -0.25) is 9.59 Å². The van der Waals surface area contributed by atoms with Crippen LogP contribution in [0.15, 0.2) is 72.9 Å². The topological polar surface area (TPSA) is 63.4 Å². The highest BCUT2D eigenvalue weighted by Crippen LogP contribution is 2.57. The van der Waals surface area contributed by atoms with Crippen molar-refractivity contribution in [2.75, 3.05) is 13.1 Å². The molecule has 32 heavy (non-hydrogen) atoms. The van der Waals surface area contributed by atoms with Crippen molar-refractivity contribution < 1.29 is 9.59 Å². The van der Waals surface area contributed by atoms with E-state index in [2.05, 4.69) is 79.8 Å². The van der Waals surface area contributed by atoms with Crippen LogP contribution in [-0.2, 0) is 9.59 Å². The average Bonchev–Trinajstić information content (AvgIpc) is 3.36. The summed E-state index contributed by atoms with van der Waals surface area (Å²) in [5.41, 5.74) is 5.08. The number of nitrogens with two attached hydrogens (primary N) is 1. The van der Waals surface area contributed by atoms with Gasteiger partial charge in [0.15, 0.2) is 0 Å². The maximum atomic E-state index is 12.3. The summed E-state index contributed by atoms with van der Waals surface area (Å²) < 4.78 is 0. The Balaban J connectivity index is 1.44. The summed E-state index contributed by atoms with van der Waals surface area (Å²) in [6.45, 7) is 3.37. The smallest absolute Gasteiger partial charge is 0.225 e. The predicted molar refractivity (Wildman–Crippen MR) is 134 cm³/mol. The number of likely N-dealkylation sites (tertiary alicyclic amines) is 1. The first-order valence-corrected chi connectivity index (χ1v) is 12.1. The molecule has 0 bridgehead atoms. The summed E-state index contributed by atoms with van der Waals surface area (Å²) in [7, 11) is 0. The van der Waals surface area contributed by atoms with Gasteiger partial charge in [0, 0.05) is 19.5 Å². The molecule has 2 aliphatic rings. The van der Waals surface area contributed by atoms with Gasteiger partial charge in [0.1, 0.15) is 0 Å². The van der Waals surface area contributed by atoms with E-state index in [0.717, 1.165) is 51.4 Å².